The van der Waals surface area contributed by atoms with Crippen molar-refractivity contribution >= 4 is 28.2 Å². The molecule has 0 radical (unpaired) electrons. The van der Waals surface area contributed by atoms with Gasteiger partial charge in [-0.05, 0) is 23.7 Å². The Labute approximate surface area is 78.8 Å². The summed E-state index contributed by atoms with van der Waals surface area (Å²) in [6.07, 6.45) is 1.76. The summed E-state index contributed by atoms with van der Waals surface area (Å²) in [5.41, 5.74) is 9.63. The van der Waals surface area contributed by atoms with Crippen molar-refractivity contribution in [3.63, 3.8) is 0 Å². The molecular weight excluding hydrogens is 188 g/mol. The van der Waals surface area contributed by atoms with E-state index in [2.05, 4.69) is 15.0 Å². The Balaban J connectivity index is 2.85. The zero-order valence-corrected chi connectivity index (χ0v) is 7.28. The van der Waals surface area contributed by atoms with Crippen LogP contribution in [0.15, 0.2) is 29.5 Å². The molecule has 5 heteroatoms. The number of nitrogens with zero attached hydrogens (tertiary/aromatic N) is 3. The summed E-state index contributed by atoms with van der Waals surface area (Å²) in [7, 11) is 0. The van der Waals surface area contributed by atoms with Crippen molar-refractivity contribution < 1.29 is 0 Å². The minimum absolute atomic E-state index is 0.562. The van der Waals surface area contributed by atoms with Crippen LogP contribution >= 0.6 is 11.6 Å². The van der Waals surface area contributed by atoms with Gasteiger partial charge in [-0.3, -0.25) is 0 Å². The molecule has 0 aliphatic rings. The lowest BCUT2D eigenvalue weighted by molar-refractivity contribution is 1.43. The number of benzene rings is 1. The van der Waals surface area contributed by atoms with E-state index in [1.165, 1.54) is 0 Å². The highest BCUT2D eigenvalue weighted by Gasteiger charge is 2.03. The van der Waals surface area contributed by atoms with Crippen LogP contribution in [0.2, 0.25) is 5.02 Å². The number of H-pyrrole nitrogens is 1. The Morgan fingerprint density at radius 3 is 3.00 bits per heavy atom. The van der Waals surface area contributed by atoms with Crippen molar-refractivity contribution in [1.82, 2.24) is 4.98 Å². The molecular formula is C8H5ClN4. The first-order valence-electron chi connectivity index (χ1n) is 3.63. The first-order chi connectivity index (χ1) is 6.33. The number of halogens is 1. The largest absolute Gasteiger partial charge is 0.361 e. The highest BCUT2D eigenvalue weighted by Crippen LogP contribution is 2.30. The highest BCUT2D eigenvalue weighted by atomic mass is 35.5. The SMILES string of the molecule is [N-]=[N+]=Nc1ccc(Cl)c2cc[nH]c12. The third-order valence-electron chi connectivity index (χ3n) is 1.80. The van der Waals surface area contributed by atoms with Gasteiger partial charge >= 0.3 is 0 Å². The van der Waals surface area contributed by atoms with E-state index in [4.69, 9.17) is 17.1 Å². The van der Waals surface area contributed by atoms with E-state index >= 15 is 0 Å². The second-order valence-electron chi connectivity index (χ2n) is 2.52. The quantitative estimate of drug-likeness (QED) is 0.406. The molecule has 13 heavy (non-hydrogen) atoms. The summed E-state index contributed by atoms with van der Waals surface area (Å²) in [5, 5.41) is 5.05. The zero-order valence-electron chi connectivity index (χ0n) is 6.53. The van der Waals surface area contributed by atoms with Crippen LogP contribution < -0.4 is 0 Å². The molecule has 0 amide bonds. The van der Waals surface area contributed by atoms with Gasteiger partial charge in [-0.25, -0.2) is 0 Å². The molecule has 64 valence electrons. The minimum Gasteiger partial charge on any atom is -0.361 e. The average molecular weight is 193 g/mol. The first-order valence-corrected chi connectivity index (χ1v) is 4.01. The topological polar surface area (TPSA) is 64.6 Å². The monoisotopic (exact) mass is 192 g/mol. The Kier molecular flexibility index (Phi) is 1.85. The van der Waals surface area contributed by atoms with Crippen LogP contribution in [-0.2, 0) is 0 Å². The fourth-order valence-corrected chi connectivity index (χ4v) is 1.46. The predicted molar refractivity (Wildman–Crippen MR) is 52.1 cm³/mol. The van der Waals surface area contributed by atoms with Crippen LogP contribution in [-0.4, -0.2) is 4.98 Å². The van der Waals surface area contributed by atoms with Gasteiger partial charge in [0.15, 0.2) is 0 Å². The summed E-state index contributed by atoms with van der Waals surface area (Å²) in [5.74, 6) is 0. The molecule has 0 aliphatic heterocycles. The second-order valence-corrected chi connectivity index (χ2v) is 2.93. The van der Waals surface area contributed by atoms with Crippen LogP contribution in [0, 0.1) is 0 Å². The van der Waals surface area contributed by atoms with Gasteiger partial charge in [0.05, 0.1) is 11.2 Å². The molecule has 2 aromatic rings. The lowest BCUT2D eigenvalue weighted by Gasteiger charge is -1.96. The smallest absolute Gasteiger partial charge is 0.0617 e. The molecule has 0 saturated heterocycles. The highest BCUT2D eigenvalue weighted by molar-refractivity contribution is 6.35. The molecule has 1 aromatic heterocycles. The molecule has 4 nitrogen and oxygen atoms in total. The maximum absolute atomic E-state index is 8.30. The molecule has 1 heterocycles. The van der Waals surface area contributed by atoms with E-state index < -0.39 is 0 Å². The van der Waals surface area contributed by atoms with Crippen LogP contribution in [0.4, 0.5) is 5.69 Å². The average Bonchev–Trinajstić information content (AvgIpc) is 2.59. The number of aromatic nitrogens is 1. The van der Waals surface area contributed by atoms with E-state index in [0.29, 0.717) is 10.7 Å². The molecule has 0 unspecified atom stereocenters. The van der Waals surface area contributed by atoms with E-state index in [1.54, 1.807) is 18.3 Å². The van der Waals surface area contributed by atoms with Crippen LogP contribution in [0.3, 0.4) is 0 Å². The van der Waals surface area contributed by atoms with Crippen molar-refractivity contribution in [1.29, 1.82) is 0 Å². The lowest BCUT2D eigenvalue weighted by Crippen LogP contribution is -1.70. The molecule has 0 fully saturated rings. The van der Waals surface area contributed by atoms with Crippen LogP contribution in [0.25, 0.3) is 21.3 Å². The van der Waals surface area contributed by atoms with Gasteiger partial charge in [-0.1, -0.05) is 16.7 Å². The molecule has 1 N–H and O–H groups in total. The maximum Gasteiger partial charge on any atom is 0.0617 e. The molecule has 0 bridgehead atoms. The van der Waals surface area contributed by atoms with E-state index in [9.17, 15) is 0 Å². The molecule has 2 rings (SSSR count). The van der Waals surface area contributed by atoms with E-state index in [0.717, 1.165) is 10.9 Å². The Hall–Kier alpha value is -1.64. The summed E-state index contributed by atoms with van der Waals surface area (Å²) in [4.78, 5) is 5.69. The van der Waals surface area contributed by atoms with Crippen molar-refractivity contribution in [3.05, 3.63) is 39.9 Å². The molecule has 0 saturated carbocycles. The standard InChI is InChI=1S/C8H5ClN4/c9-6-1-2-7(12-13-10)8-5(6)3-4-11-8/h1-4,11H. The van der Waals surface area contributed by atoms with Gasteiger partial charge in [-0.2, -0.15) is 0 Å². The van der Waals surface area contributed by atoms with Gasteiger partial charge in [-0.15, -0.1) is 0 Å². The van der Waals surface area contributed by atoms with Gasteiger partial charge in [0.1, 0.15) is 0 Å². The summed E-state index contributed by atoms with van der Waals surface area (Å²) >= 11 is 5.92. The van der Waals surface area contributed by atoms with Crippen molar-refractivity contribution in [2.75, 3.05) is 0 Å². The zero-order chi connectivity index (χ0) is 9.26. The number of aromatic amines is 1. The molecule has 1 aromatic carbocycles. The van der Waals surface area contributed by atoms with Crippen molar-refractivity contribution in [2.45, 2.75) is 0 Å². The van der Waals surface area contributed by atoms with Crippen LogP contribution in [0.5, 0.6) is 0 Å². The normalized spacial score (nSPS) is 9.92. The van der Waals surface area contributed by atoms with Gasteiger partial charge < -0.3 is 4.98 Å². The second kappa shape index (κ2) is 3.01. The minimum atomic E-state index is 0.562. The lowest BCUT2D eigenvalue weighted by atomic mass is 10.2. The number of azide groups is 1. The van der Waals surface area contributed by atoms with E-state index in [1.807, 2.05) is 6.07 Å². The molecule has 0 atom stereocenters. The number of rotatable bonds is 1. The molecule has 0 spiro atoms. The Morgan fingerprint density at radius 1 is 1.38 bits per heavy atom. The number of nitrogens with one attached hydrogen (secondary N) is 1. The number of hydrogen-bond acceptors (Lipinski definition) is 1. The predicted octanol–water partition coefficient (Wildman–Crippen LogP) is 3.76. The van der Waals surface area contributed by atoms with Crippen LogP contribution in [0.1, 0.15) is 0 Å². The third kappa shape index (κ3) is 1.22. The number of hydrogen-bond donors (Lipinski definition) is 1. The molecule has 0 aliphatic carbocycles. The van der Waals surface area contributed by atoms with Gasteiger partial charge in [0.2, 0.25) is 0 Å². The Bertz CT molecular complexity index is 496. The first kappa shape index (κ1) is 7.98. The van der Waals surface area contributed by atoms with E-state index in [-0.39, 0.29) is 0 Å². The van der Waals surface area contributed by atoms with Gasteiger partial charge in [0.25, 0.3) is 0 Å². The van der Waals surface area contributed by atoms with Gasteiger partial charge in [0, 0.05) is 21.5 Å². The summed E-state index contributed by atoms with van der Waals surface area (Å²) < 4.78 is 0. The number of fused-ring (bicyclic) bond motifs is 1. The summed E-state index contributed by atoms with van der Waals surface area (Å²) in [6.45, 7) is 0. The summed E-state index contributed by atoms with van der Waals surface area (Å²) in [6, 6.07) is 5.23. The maximum atomic E-state index is 8.30. The van der Waals surface area contributed by atoms with Crippen molar-refractivity contribution in [3.8, 4) is 0 Å². The fourth-order valence-electron chi connectivity index (χ4n) is 1.24. The fraction of sp³-hybridized carbons (Fsp3) is 0. The Morgan fingerprint density at radius 2 is 2.23 bits per heavy atom. The van der Waals surface area contributed by atoms with Crippen molar-refractivity contribution in [2.24, 2.45) is 5.11 Å². The third-order valence-corrected chi connectivity index (χ3v) is 2.13.